The Balaban J connectivity index is 2.22. The third kappa shape index (κ3) is 3.28. The van der Waals surface area contributed by atoms with E-state index in [1.54, 1.807) is 0 Å². The molecule has 0 fully saturated rings. The lowest BCUT2D eigenvalue weighted by atomic mass is 10.0. The van der Waals surface area contributed by atoms with Gasteiger partial charge < -0.3 is 5.11 Å². The Morgan fingerprint density at radius 1 is 0.947 bits per heavy atom. The van der Waals surface area contributed by atoms with Crippen LogP contribution >= 0.6 is 11.6 Å². The fourth-order valence-corrected chi connectivity index (χ4v) is 1.94. The van der Waals surface area contributed by atoms with E-state index in [4.69, 9.17) is 11.6 Å². The van der Waals surface area contributed by atoms with Gasteiger partial charge in [0.1, 0.15) is 5.82 Å². The number of halogens is 4. The summed E-state index contributed by atoms with van der Waals surface area (Å²) in [5.41, 5.74) is 0.392. The molecule has 0 aromatic heterocycles. The summed E-state index contributed by atoms with van der Waals surface area (Å²) in [6.07, 6.45) is -1.21. The van der Waals surface area contributed by atoms with Crippen LogP contribution in [0.2, 0.25) is 5.02 Å². The summed E-state index contributed by atoms with van der Waals surface area (Å²) < 4.78 is 39.3. The molecule has 2 aromatic rings. The molecule has 0 heterocycles. The molecule has 1 atom stereocenters. The minimum atomic E-state index is -1.14. The van der Waals surface area contributed by atoms with Gasteiger partial charge in [0.25, 0.3) is 0 Å². The van der Waals surface area contributed by atoms with Gasteiger partial charge in [0.15, 0.2) is 11.6 Å². The Morgan fingerprint density at radius 2 is 1.63 bits per heavy atom. The molecule has 0 bridgehead atoms. The summed E-state index contributed by atoms with van der Waals surface area (Å²) in [7, 11) is 0. The lowest BCUT2D eigenvalue weighted by Gasteiger charge is -2.12. The van der Waals surface area contributed by atoms with Crippen LogP contribution in [0.3, 0.4) is 0 Å². The van der Waals surface area contributed by atoms with Gasteiger partial charge in [-0.2, -0.15) is 0 Å². The van der Waals surface area contributed by atoms with Crippen LogP contribution in [0.5, 0.6) is 0 Å². The molecule has 5 heteroatoms. The zero-order valence-corrected chi connectivity index (χ0v) is 10.5. The Bertz CT molecular complexity index is 601. The van der Waals surface area contributed by atoms with E-state index in [1.165, 1.54) is 24.3 Å². The lowest BCUT2D eigenvalue weighted by molar-refractivity contribution is 0.176. The fourth-order valence-electron chi connectivity index (χ4n) is 1.75. The van der Waals surface area contributed by atoms with E-state index < -0.39 is 23.6 Å². The minimum Gasteiger partial charge on any atom is -0.388 e. The number of rotatable bonds is 3. The summed E-state index contributed by atoms with van der Waals surface area (Å²) in [5.74, 6) is -2.56. The molecule has 0 aliphatic carbocycles. The molecule has 0 amide bonds. The maximum absolute atomic E-state index is 13.5. The Kier molecular flexibility index (Phi) is 4.12. The highest BCUT2D eigenvalue weighted by Gasteiger charge is 2.14. The van der Waals surface area contributed by atoms with Gasteiger partial charge in [-0.3, -0.25) is 0 Å². The first-order valence-corrected chi connectivity index (χ1v) is 5.92. The smallest absolute Gasteiger partial charge is 0.159 e. The average Bonchev–Trinajstić information content (AvgIpc) is 2.37. The first-order valence-electron chi connectivity index (χ1n) is 5.54. The molecule has 2 rings (SSSR count). The SMILES string of the molecule is OC(Cc1cc(Cl)ccc1F)c1ccc(F)c(F)c1. The lowest BCUT2D eigenvalue weighted by Crippen LogP contribution is -2.04. The third-order valence-electron chi connectivity index (χ3n) is 2.75. The van der Waals surface area contributed by atoms with Crippen LogP contribution in [-0.4, -0.2) is 5.11 Å². The van der Waals surface area contributed by atoms with Crippen molar-refractivity contribution in [3.05, 3.63) is 70.0 Å². The predicted octanol–water partition coefficient (Wildman–Crippen LogP) is 4.03. The highest BCUT2D eigenvalue weighted by molar-refractivity contribution is 6.30. The fraction of sp³-hybridized carbons (Fsp3) is 0.143. The summed E-state index contributed by atoms with van der Waals surface area (Å²) in [6.45, 7) is 0. The molecular formula is C14H10ClF3O. The molecule has 0 aliphatic heterocycles. The van der Waals surface area contributed by atoms with Crippen molar-refractivity contribution in [1.82, 2.24) is 0 Å². The Labute approximate surface area is 113 Å². The van der Waals surface area contributed by atoms with Crippen LogP contribution in [0.1, 0.15) is 17.2 Å². The molecule has 1 unspecified atom stereocenters. The van der Waals surface area contributed by atoms with Crippen LogP contribution in [0.25, 0.3) is 0 Å². The van der Waals surface area contributed by atoms with Gasteiger partial charge in [0.05, 0.1) is 6.10 Å². The molecular weight excluding hydrogens is 277 g/mol. The van der Waals surface area contributed by atoms with Crippen molar-refractivity contribution in [3.63, 3.8) is 0 Å². The van der Waals surface area contributed by atoms with Gasteiger partial charge in [-0.15, -0.1) is 0 Å². The van der Waals surface area contributed by atoms with E-state index in [0.717, 1.165) is 12.1 Å². The van der Waals surface area contributed by atoms with E-state index in [0.29, 0.717) is 5.02 Å². The first kappa shape index (κ1) is 13.9. The van der Waals surface area contributed by atoms with Gasteiger partial charge in [-0.1, -0.05) is 17.7 Å². The van der Waals surface area contributed by atoms with Crippen molar-refractivity contribution in [3.8, 4) is 0 Å². The zero-order chi connectivity index (χ0) is 14.0. The molecule has 2 aromatic carbocycles. The molecule has 0 saturated heterocycles. The van der Waals surface area contributed by atoms with E-state index in [-0.39, 0.29) is 17.5 Å². The monoisotopic (exact) mass is 286 g/mol. The third-order valence-corrected chi connectivity index (χ3v) is 2.98. The molecule has 0 saturated carbocycles. The van der Waals surface area contributed by atoms with Crippen molar-refractivity contribution in [2.45, 2.75) is 12.5 Å². The summed E-state index contributed by atoms with van der Waals surface area (Å²) in [4.78, 5) is 0. The standard InChI is InChI=1S/C14H10ClF3O/c15-10-2-4-11(16)9(5-10)7-14(19)8-1-3-12(17)13(18)6-8/h1-6,14,19H,7H2. The molecule has 0 radical (unpaired) electrons. The maximum atomic E-state index is 13.5. The number of aliphatic hydroxyl groups excluding tert-OH is 1. The molecule has 1 nitrogen and oxygen atoms in total. The van der Waals surface area contributed by atoms with Gasteiger partial charge in [0, 0.05) is 11.4 Å². The molecule has 0 aliphatic rings. The van der Waals surface area contributed by atoms with Crippen molar-refractivity contribution in [2.24, 2.45) is 0 Å². The predicted molar refractivity (Wildman–Crippen MR) is 66.4 cm³/mol. The van der Waals surface area contributed by atoms with Crippen molar-refractivity contribution in [2.75, 3.05) is 0 Å². The number of benzene rings is 2. The minimum absolute atomic E-state index is 0.0720. The second-order valence-electron chi connectivity index (χ2n) is 4.13. The van der Waals surface area contributed by atoms with E-state index in [1.807, 2.05) is 0 Å². The van der Waals surface area contributed by atoms with E-state index in [2.05, 4.69) is 0 Å². The van der Waals surface area contributed by atoms with Gasteiger partial charge in [-0.05, 0) is 41.5 Å². The van der Waals surface area contributed by atoms with Crippen molar-refractivity contribution in [1.29, 1.82) is 0 Å². The second-order valence-corrected chi connectivity index (χ2v) is 4.57. The molecule has 100 valence electrons. The first-order chi connectivity index (χ1) is 8.97. The van der Waals surface area contributed by atoms with Crippen LogP contribution in [0.15, 0.2) is 36.4 Å². The van der Waals surface area contributed by atoms with Crippen LogP contribution in [0.4, 0.5) is 13.2 Å². The van der Waals surface area contributed by atoms with Gasteiger partial charge >= 0.3 is 0 Å². The average molecular weight is 287 g/mol. The van der Waals surface area contributed by atoms with Crippen molar-refractivity contribution >= 4 is 11.6 Å². The van der Waals surface area contributed by atoms with E-state index >= 15 is 0 Å². The van der Waals surface area contributed by atoms with Crippen LogP contribution < -0.4 is 0 Å². The number of hydrogen-bond donors (Lipinski definition) is 1. The van der Waals surface area contributed by atoms with Gasteiger partial charge in [0.2, 0.25) is 0 Å². The molecule has 19 heavy (non-hydrogen) atoms. The topological polar surface area (TPSA) is 20.2 Å². The largest absolute Gasteiger partial charge is 0.388 e. The highest BCUT2D eigenvalue weighted by Crippen LogP contribution is 2.23. The quantitative estimate of drug-likeness (QED) is 0.903. The maximum Gasteiger partial charge on any atom is 0.159 e. The normalized spacial score (nSPS) is 12.5. The molecule has 0 spiro atoms. The van der Waals surface area contributed by atoms with Crippen LogP contribution in [-0.2, 0) is 6.42 Å². The number of aliphatic hydroxyl groups is 1. The summed E-state index contributed by atoms with van der Waals surface area (Å²) in [5, 5.41) is 10.2. The Morgan fingerprint density at radius 3 is 2.32 bits per heavy atom. The second kappa shape index (κ2) is 5.63. The molecule has 1 N–H and O–H groups in total. The van der Waals surface area contributed by atoms with Crippen LogP contribution in [0, 0.1) is 17.5 Å². The summed E-state index contributed by atoms with van der Waals surface area (Å²) >= 11 is 5.73. The van der Waals surface area contributed by atoms with Gasteiger partial charge in [-0.25, -0.2) is 13.2 Å². The summed E-state index contributed by atoms with van der Waals surface area (Å²) in [6, 6.07) is 7.04. The zero-order valence-electron chi connectivity index (χ0n) is 9.71. The Hall–Kier alpha value is -1.52. The number of hydrogen-bond acceptors (Lipinski definition) is 1. The van der Waals surface area contributed by atoms with Crippen molar-refractivity contribution < 1.29 is 18.3 Å². The highest BCUT2D eigenvalue weighted by atomic mass is 35.5. The van der Waals surface area contributed by atoms with E-state index in [9.17, 15) is 18.3 Å².